The van der Waals surface area contributed by atoms with Crippen molar-refractivity contribution in [3.05, 3.63) is 23.0 Å². The third kappa shape index (κ3) is 4.29. The quantitative estimate of drug-likeness (QED) is 0.732. The zero-order valence-electron chi connectivity index (χ0n) is 11.5. The number of anilines is 1. The molecule has 0 aliphatic heterocycles. The Balaban J connectivity index is 3.31. The SMILES string of the molecule is CCCCN(CC(N)=O)S(=O)(=O)c1cc(Cl)cc(N)c1F. The topological polar surface area (TPSA) is 106 Å². The van der Waals surface area contributed by atoms with Gasteiger partial charge in [0, 0.05) is 11.6 Å². The van der Waals surface area contributed by atoms with Gasteiger partial charge in [-0.2, -0.15) is 4.31 Å². The predicted octanol–water partition coefficient (Wildman–Crippen LogP) is 1.34. The number of benzene rings is 1. The van der Waals surface area contributed by atoms with Crippen LogP contribution in [0.1, 0.15) is 19.8 Å². The molecule has 0 radical (unpaired) electrons. The number of amides is 1. The molecule has 1 amide bonds. The van der Waals surface area contributed by atoms with Gasteiger partial charge in [0.1, 0.15) is 4.90 Å². The molecule has 1 rings (SSSR count). The smallest absolute Gasteiger partial charge is 0.246 e. The average molecular weight is 338 g/mol. The van der Waals surface area contributed by atoms with Crippen LogP contribution < -0.4 is 11.5 Å². The summed E-state index contributed by atoms with van der Waals surface area (Å²) in [6.45, 7) is 1.37. The minimum Gasteiger partial charge on any atom is -0.396 e. The van der Waals surface area contributed by atoms with Crippen LogP contribution in [0.2, 0.25) is 5.02 Å². The lowest BCUT2D eigenvalue weighted by atomic mass is 10.3. The minimum atomic E-state index is -4.25. The molecule has 0 fully saturated rings. The fourth-order valence-corrected chi connectivity index (χ4v) is 3.56. The van der Waals surface area contributed by atoms with Crippen molar-refractivity contribution in [3.63, 3.8) is 0 Å². The summed E-state index contributed by atoms with van der Waals surface area (Å²) in [5.41, 5.74) is 10.1. The summed E-state index contributed by atoms with van der Waals surface area (Å²) >= 11 is 5.72. The summed E-state index contributed by atoms with van der Waals surface area (Å²) in [7, 11) is -4.25. The highest BCUT2D eigenvalue weighted by molar-refractivity contribution is 7.89. The molecule has 0 aliphatic rings. The monoisotopic (exact) mass is 337 g/mol. The first-order valence-corrected chi connectivity index (χ1v) is 8.05. The van der Waals surface area contributed by atoms with E-state index in [0.717, 1.165) is 16.4 Å². The van der Waals surface area contributed by atoms with E-state index in [1.165, 1.54) is 0 Å². The van der Waals surface area contributed by atoms with Gasteiger partial charge in [-0.05, 0) is 18.6 Å². The first-order valence-electron chi connectivity index (χ1n) is 6.23. The van der Waals surface area contributed by atoms with E-state index in [9.17, 15) is 17.6 Å². The van der Waals surface area contributed by atoms with Gasteiger partial charge < -0.3 is 11.5 Å². The molecule has 0 atom stereocenters. The van der Waals surface area contributed by atoms with Crippen LogP contribution in [0.4, 0.5) is 10.1 Å². The first-order chi connectivity index (χ1) is 9.70. The van der Waals surface area contributed by atoms with Gasteiger partial charge in [0.2, 0.25) is 15.9 Å². The van der Waals surface area contributed by atoms with Gasteiger partial charge in [0.25, 0.3) is 0 Å². The molecule has 0 saturated carbocycles. The van der Waals surface area contributed by atoms with E-state index >= 15 is 0 Å². The highest BCUT2D eigenvalue weighted by atomic mass is 35.5. The van der Waals surface area contributed by atoms with Crippen molar-refractivity contribution < 1.29 is 17.6 Å². The highest BCUT2D eigenvalue weighted by Gasteiger charge is 2.29. The number of halogens is 2. The molecule has 0 unspecified atom stereocenters. The van der Waals surface area contributed by atoms with Crippen molar-refractivity contribution in [2.24, 2.45) is 5.73 Å². The molecule has 0 aliphatic carbocycles. The number of hydrogen-bond acceptors (Lipinski definition) is 4. The largest absolute Gasteiger partial charge is 0.396 e. The fraction of sp³-hybridized carbons (Fsp3) is 0.417. The lowest BCUT2D eigenvalue weighted by Gasteiger charge is -2.21. The second-order valence-corrected chi connectivity index (χ2v) is 6.81. The van der Waals surface area contributed by atoms with E-state index in [2.05, 4.69) is 0 Å². The Labute approximate surface area is 127 Å². The highest BCUT2D eigenvalue weighted by Crippen LogP contribution is 2.27. The maximum absolute atomic E-state index is 14.0. The molecule has 21 heavy (non-hydrogen) atoms. The number of rotatable bonds is 7. The Morgan fingerprint density at radius 2 is 2.05 bits per heavy atom. The van der Waals surface area contributed by atoms with Crippen LogP contribution in [-0.4, -0.2) is 31.7 Å². The zero-order valence-corrected chi connectivity index (χ0v) is 13.0. The van der Waals surface area contributed by atoms with Crippen molar-refractivity contribution in [1.82, 2.24) is 4.31 Å². The van der Waals surface area contributed by atoms with Crippen LogP contribution in [0.3, 0.4) is 0 Å². The predicted molar refractivity (Wildman–Crippen MR) is 78.7 cm³/mol. The number of nitrogens with two attached hydrogens (primary N) is 2. The number of unbranched alkanes of at least 4 members (excludes halogenated alkanes) is 1. The van der Waals surface area contributed by atoms with E-state index in [0.29, 0.717) is 12.8 Å². The van der Waals surface area contributed by atoms with E-state index < -0.39 is 33.2 Å². The number of hydrogen-bond donors (Lipinski definition) is 2. The number of sulfonamides is 1. The first kappa shape index (κ1) is 17.7. The summed E-state index contributed by atoms with van der Waals surface area (Å²) in [4.78, 5) is 10.4. The van der Waals surface area contributed by atoms with Crippen LogP contribution >= 0.6 is 11.6 Å². The Hall–Kier alpha value is -1.38. The zero-order chi connectivity index (χ0) is 16.2. The van der Waals surface area contributed by atoms with E-state index in [4.69, 9.17) is 23.1 Å². The number of carbonyl (C=O) groups is 1. The van der Waals surface area contributed by atoms with Crippen molar-refractivity contribution in [2.75, 3.05) is 18.8 Å². The number of nitrogens with zero attached hydrogens (tertiary/aromatic N) is 1. The summed E-state index contributed by atoms with van der Waals surface area (Å²) in [5.74, 6) is -1.92. The van der Waals surface area contributed by atoms with Gasteiger partial charge in [-0.1, -0.05) is 24.9 Å². The summed E-state index contributed by atoms with van der Waals surface area (Å²) in [6.07, 6.45) is 1.20. The standard InChI is InChI=1S/C12H17ClFN3O3S/c1-2-3-4-17(7-11(16)18)21(19,20)10-6-8(13)5-9(15)12(10)14/h5-6H,2-4,7,15H2,1H3,(H2,16,18). The minimum absolute atomic E-state index is 0.0120. The van der Waals surface area contributed by atoms with Crippen molar-refractivity contribution in [3.8, 4) is 0 Å². The van der Waals surface area contributed by atoms with Gasteiger partial charge >= 0.3 is 0 Å². The van der Waals surface area contributed by atoms with Crippen LogP contribution in [0.5, 0.6) is 0 Å². The van der Waals surface area contributed by atoms with Crippen LogP contribution in [0.15, 0.2) is 17.0 Å². The maximum Gasteiger partial charge on any atom is 0.246 e. The van der Waals surface area contributed by atoms with Crippen LogP contribution in [-0.2, 0) is 14.8 Å². The van der Waals surface area contributed by atoms with Crippen LogP contribution in [0, 0.1) is 5.82 Å². The van der Waals surface area contributed by atoms with E-state index in [-0.39, 0.29) is 17.3 Å². The number of nitrogen functional groups attached to an aromatic ring is 1. The van der Waals surface area contributed by atoms with Crippen molar-refractivity contribution in [1.29, 1.82) is 0 Å². The molecule has 4 N–H and O–H groups in total. The second-order valence-electron chi connectivity index (χ2n) is 4.47. The Morgan fingerprint density at radius 1 is 1.43 bits per heavy atom. The molecule has 1 aromatic rings. The van der Waals surface area contributed by atoms with Gasteiger partial charge in [0.15, 0.2) is 5.82 Å². The number of carbonyl (C=O) groups excluding carboxylic acids is 1. The van der Waals surface area contributed by atoms with Gasteiger partial charge in [-0.3, -0.25) is 4.79 Å². The molecule has 0 spiro atoms. The molecular formula is C12H17ClFN3O3S. The third-order valence-electron chi connectivity index (χ3n) is 2.74. The molecule has 118 valence electrons. The third-order valence-corrected chi connectivity index (χ3v) is 4.81. The normalized spacial score (nSPS) is 11.8. The molecule has 0 bridgehead atoms. The lowest BCUT2D eigenvalue weighted by molar-refractivity contribution is -0.118. The molecular weight excluding hydrogens is 321 g/mol. The fourth-order valence-electron chi connectivity index (χ4n) is 1.70. The Kier molecular flexibility index (Phi) is 5.94. The molecule has 6 nitrogen and oxygen atoms in total. The van der Waals surface area contributed by atoms with Gasteiger partial charge in [0.05, 0.1) is 12.2 Å². The molecule has 0 heterocycles. The summed E-state index contributed by atoms with van der Waals surface area (Å²) in [6, 6.07) is 2.07. The Bertz CT molecular complexity index is 637. The van der Waals surface area contributed by atoms with Crippen molar-refractivity contribution in [2.45, 2.75) is 24.7 Å². The molecule has 0 saturated heterocycles. The average Bonchev–Trinajstić information content (AvgIpc) is 2.38. The second kappa shape index (κ2) is 7.06. The molecule has 1 aromatic carbocycles. The van der Waals surface area contributed by atoms with Gasteiger partial charge in [-0.15, -0.1) is 0 Å². The maximum atomic E-state index is 14.0. The molecule has 9 heteroatoms. The lowest BCUT2D eigenvalue weighted by Crippen LogP contribution is -2.39. The van der Waals surface area contributed by atoms with Crippen LogP contribution in [0.25, 0.3) is 0 Å². The van der Waals surface area contributed by atoms with E-state index in [1.807, 2.05) is 6.92 Å². The van der Waals surface area contributed by atoms with Crippen molar-refractivity contribution >= 4 is 33.2 Å². The summed E-state index contributed by atoms with van der Waals surface area (Å²) < 4.78 is 39.7. The number of primary amides is 1. The summed E-state index contributed by atoms with van der Waals surface area (Å²) in [5, 5.41) is -0.0120. The van der Waals surface area contributed by atoms with Gasteiger partial charge in [-0.25, -0.2) is 12.8 Å². The Morgan fingerprint density at radius 3 is 2.57 bits per heavy atom. The van der Waals surface area contributed by atoms with E-state index in [1.54, 1.807) is 0 Å². The molecule has 0 aromatic heterocycles.